The molecule has 2 bridgehead atoms. The van der Waals surface area contributed by atoms with Crippen LogP contribution in [-0.4, -0.2) is 203 Å². The number of anilines is 1. The molecule has 29 nitrogen and oxygen atoms in total. The number of aromatic nitrogens is 1. The summed E-state index contributed by atoms with van der Waals surface area (Å²) in [4.78, 5) is 142. The van der Waals surface area contributed by atoms with E-state index in [2.05, 4.69) is 36.2 Å². The molecular formula is C64H86N11O18PS. The summed E-state index contributed by atoms with van der Waals surface area (Å²) in [5, 5.41) is 49.7. The van der Waals surface area contributed by atoms with Crippen molar-refractivity contribution in [2.75, 3.05) is 85.6 Å². The first-order chi connectivity index (χ1) is 44.9. The van der Waals surface area contributed by atoms with E-state index in [0.29, 0.717) is 12.0 Å². The average Bonchev–Trinajstić information content (AvgIpc) is 1.58. The second-order valence-electron chi connectivity index (χ2n) is 24.7. The molecule has 0 saturated carbocycles. The first-order valence-corrected chi connectivity index (χ1v) is 33.9. The van der Waals surface area contributed by atoms with E-state index in [1.807, 2.05) is 27.7 Å². The van der Waals surface area contributed by atoms with Crippen molar-refractivity contribution in [1.82, 2.24) is 50.5 Å². The molecule has 8 amide bonds. The van der Waals surface area contributed by atoms with Crippen LogP contribution in [0.2, 0.25) is 0 Å². The number of imide groups is 2. The zero-order valence-corrected chi connectivity index (χ0v) is 56.9. The number of amides is 8. The van der Waals surface area contributed by atoms with Crippen LogP contribution in [0.25, 0.3) is 11.2 Å². The van der Waals surface area contributed by atoms with E-state index in [-0.39, 0.29) is 170 Å². The quantitative estimate of drug-likeness (QED) is 0.00788. The monoisotopic (exact) mass is 1360 g/mol. The van der Waals surface area contributed by atoms with E-state index < -0.39 is 90.7 Å². The highest BCUT2D eigenvalue weighted by Crippen LogP contribution is 2.37. The number of hydrogen-bond acceptors (Lipinski definition) is 20. The SMILES string of the molecule is CC[C@H](C)[C@H](NC(=O)C(C)(C)N(C)C)C(=O)N(C)[C@H](C[C@@H](OC(C)=O)c1nc(C(=O)N[C@@H](Cc2ccc(O)c(NC(=O)CCOCCOCCNP(=O)(NCCN3C(=O)c4cccc(O)c4C3=O)NCCN3C(=O)c4c(c5ccc4o5)C3=O)c2)CC(C)C(=O)O)cs1)C(C)C. The van der Waals surface area contributed by atoms with Gasteiger partial charge in [0.2, 0.25) is 17.7 Å². The van der Waals surface area contributed by atoms with Crippen molar-refractivity contribution in [2.45, 2.75) is 117 Å². The number of carboxylic acids is 1. The number of nitrogens with zero attached hydrogens (tertiary/aromatic N) is 5. The Morgan fingerprint density at radius 1 is 0.768 bits per heavy atom. The van der Waals surface area contributed by atoms with E-state index >= 15 is 0 Å². The van der Waals surface area contributed by atoms with Gasteiger partial charge in [0.25, 0.3) is 37.1 Å². The van der Waals surface area contributed by atoms with Gasteiger partial charge in [0.05, 0.1) is 72.2 Å². The molecule has 95 heavy (non-hydrogen) atoms. The Kier molecular flexibility index (Phi) is 25.4. The van der Waals surface area contributed by atoms with Crippen LogP contribution in [-0.2, 0) is 49.2 Å². The van der Waals surface area contributed by atoms with E-state index in [9.17, 15) is 67.8 Å². The third-order valence-corrected chi connectivity index (χ3v) is 20.0. The van der Waals surface area contributed by atoms with Crippen LogP contribution >= 0.6 is 18.9 Å². The zero-order valence-electron chi connectivity index (χ0n) is 55.2. The summed E-state index contributed by atoms with van der Waals surface area (Å²) in [6.07, 6.45) is -0.392. The molecule has 7 atom stereocenters. The Hall–Kier alpha value is -8.22. The van der Waals surface area contributed by atoms with Crippen LogP contribution in [0.4, 0.5) is 5.69 Å². The number of carboxylic acid groups (broad SMARTS) is 1. The molecule has 7 rings (SSSR count). The number of ether oxygens (including phenoxy) is 3. The van der Waals surface area contributed by atoms with Crippen LogP contribution in [0.1, 0.15) is 150 Å². The molecule has 3 aromatic heterocycles. The van der Waals surface area contributed by atoms with Crippen LogP contribution in [0, 0.1) is 17.8 Å². The first-order valence-electron chi connectivity index (χ1n) is 31.3. The predicted octanol–water partition coefficient (Wildman–Crippen LogP) is 5.37. The summed E-state index contributed by atoms with van der Waals surface area (Å²) >= 11 is 1.07. The normalized spacial score (nSPS) is 15.8. The fourth-order valence-corrected chi connectivity index (χ4v) is 13.3. The van der Waals surface area contributed by atoms with Crippen LogP contribution < -0.4 is 31.2 Å². The topological polar surface area (TPSA) is 387 Å². The Morgan fingerprint density at radius 3 is 1.97 bits per heavy atom. The summed E-state index contributed by atoms with van der Waals surface area (Å²) in [6, 6.07) is 9.57. The number of fused-ring (bicyclic) bond motifs is 6. The van der Waals surface area contributed by atoms with Gasteiger partial charge in [-0.15, -0.1) is 11.3 Å². The number of esters is 1. The predicted molar refractivity (Wildman–Crippen MR) is 349 cm³/mol. The minimum absolute atomic E-state index is 0.00179. The molecule has 31 heteroatoms. The molecule has 0 aliphatic carbocycles. The van der Waals surface area contributed by atoms with Gasteiger partial charge in [0.15, 0.2) is 6.10 Å². The number of likely N-dealkylation sites (N-methyl/N-ethyl adjacent to an activating group) is 2. The van der Waals surface area contributed by atoms with Gasteiger partial charge in [-0.05, 0) is 94.6 Å². The van der Waals surface area contributed by atoms with Crippen molar-refractivity contribution in [1.29, 1.82) is 0 Å². The maximum atomic E-state index is 14.3. The molecule has 2 aliphatic rings. The summed E-state index contributed by atoms with van der Waals surface area (Å²) in [5.74, 6) is -7.92. The number of aliphatic carboxylic acids is 1. The number of benzene rings is 3. The fraction of sp³-hybridized carbons (Fsp3) is 0.516. The molecule has 2 aliphatic heterocycles. The lowest BCUT2D eigenvalue weighted by Crippen LogP contribution is -2.60. The highest BCUT2D eigenvalue weighted by atomic mass is 32.1. The largest absolute Gasteiger partial charge is 0.507 e. The van der Waals surface area contributed by atoms with Crippen molar-refractivity contribution >= 4 is 95.0 Å². The molecule has 0 saturated heterocycles. The van der Waals surface area contributed by atoms with Gasteiger partial charge in [0.1, 0.15) is 39.4 Å². The van der Waals surface area contributed by atoms with Crippen molar-refractivity contribution in [3.05, 3.63) is 92.4 Å². The van der Waals surface area contributed by atoms with Gasteiger partial charge in [-0.1, -0.05) is 53.2 Å². The number of phenolic OH excluding ortho intramolecular Hbond substituents is 2. The lowest BCUT2D eigenvalue weighted by atomic mass is 9.92. The van der Waals surface area contributed by atoms with E-state index in [1.54, 1.807) is 63.0 Å². The Bertz CT molecular complexity index is 3640. The molecule has 9 N–H and O–H groups in total. The smallest absolute Gasteiger partial charge is 0.306 e. The maximum Gasteiger partial charge on any atom is 0.306 e. The third-order valence-electron chi connectivity index (χ3n) is 17.1. The van der Waals surface area contributed by atoms with Gasteiger partial charge in [0, 0.05) is 70.6 Å². The minimum atomic E-state index is -3.80. The highest BCUT2D eigenvalue weighted by Gasteiger charge is 2.43. The number of aromatic hydroxyl groups is 2. The van der Waals surface area contributed by atoms with Crippen LogP contribution in [0.15, 0.2) is 58.3 Å². The molecule has 2 unspecified atom stereocenters. The molecule has 5 aromatic rings. The molecule has 2 aromatic carbocycles. The Morgan fingerprint density at radius 2 is 1.38 bits per heavy atom. The molecule has 0 spiro atoms. The highest BCUT2D eigenvalue weighted by molar-refractivity contribution is 7.57. The number of rotatable bonds is 38. The maximum absolute atomic E-state index is 14.3. The summed E-state index contributed by atoms with van der Waals surface area (Å²) in [5.41, 5.74) is 0.422. The standard InChI is InChI=1S/C64H86N11O18PS/c1-12-36(4)54(71-63(88)64(7,8)72(9)10)61(85)73(11)44(35(2)3)33-49(92-38(6)76)56-70-43(34-95-56)55(80)68-40(30-37(5)62(86)87)31-39-16-17-45(77)42(32-39)69-50(79)20-26-90-28-29-91-27-23-67-94(89,65-21-24-74-57(81)41-14-13-15-46(78)51(41)58(74)82)66-22-25-75-59(83)52-47-18-19-48(93-47)53(52)60(75)84/h13-19,32,34-37,40,44,49,54,77-78H,12,20-31,33H2,1-11H3,(H,68,80)(H,69,79)(H,71,88)(H,86,87)(H3,65,66,67,89)/t36-,37?,40+,44+,49+,54-,94?/m0/s1. The second-order valence-corrected chi connectivity index (χ2v) is 27.7. The second kappa shape index (κ2) is 32.5. The number of furan rings is 2. The molecule has 0 fully saturated rings. The van der Waals surface area contributed by atoms with Gasteiger partial charge >= 0.3 is 11.9 Å². The van der Waals surface area contributed by atoms with Crippen molar-refractivity contribution in [3.63, 3.8) is 0 Å². The van der Waals surface area contributed by atoms with Gasteiger partial charge in [-0.25, -0.2) is 20.2 Å². The summed E-state index contributed by atoms with van der Waals surface area (Å²) < 4.78 is 36.8. The molecule has 516 valence electrons. The lowest BCUT2D eigenvalue weighted by Gasteiger charge is -2.38. The Labute approximate surface area is 554 Å². The average molecular weight is 1360 g/mol. The van der Waals surface area contributed by atoms with E-state index in [1.165, 1.54) is 49.6 Å². The molecular weight excluding hydrogens is 1270 g/mol. The van der Waals surface area contributed by atoms with Crippen molar-refractivity contribution in [2.24, 2.45) is 17.8 Å². The number of hydrogen-bond donors (Lipinski definition) is 9. The number of nitrogens with one attached hydrogen (secondary N) is 6. The van der Waals surface area contributed by atoms with Crippen molar-refractivity contribution < 1.29 is 86.5 Å². The number of thiazole rings is 1. The number of phenols is 2. The molecule has 0 radical (unpaired) electrons. The van der Waals surface area contributed by atoms with Crippen molar-refractivity contribution in [3.8, 4) is 11.5 Å². The van der Waals surface area contributed by atoms with Gasteiger partial charge in [-0.2, -0.15) is 0 Å². The number of carbonyl (C=O) groups is 10. The van der Waals surface area contributed by atoms with Crippen LogP contribution in [0.5, 0.6) is 11.5 Å². The van der Waals surface area contributed by atoms with E-state index in [4.69, 9.17) is 18.6 Å². The summed E-state index contributed by atoms with van der Waals surface area (Å²) in [6.45, 7) is 13.3. The fourth-order valence-electron chi connectivity index (χ4n) is 10.8. The zero-order chi connectivity index (χ0) is 69.8. The third kappa shape index (κ3) is 18.2. The first kappa shape index (κ1) is 74.2. The molecule has 5 heterocycles. The van der Waals surface area contributed by atoms with Gasteiger partial charge < -0.3 is 54.8 Å². The lowest BCUT2D eigenvalue weighted by molar-refractivity contribution is -0.149. The minimum Gasteiger partial charge on any atom is -0.507 e. The van der Waals surface area contributed by atoms with Crippen LogP contribution in [0.3, 0.4) is 0 Å². The Balaban J connectivity index is 0.888. The summed E-state index contributed by atoms with van der Waals surface area (Å²) in [7, 11) is 1.40. The number of carbonyl (C=O) groups excluding carboxylic acids is 9. The van der Waals surface area contributed by atoms with E-state index in [0.717, 1.165) is 21.1 Å². The van der Waals surface area contributed by atoms with Gasteiger partial charge in [-0.3, -0.25) is 67.2 Å².